The number of H-pyrrole nitrogens is 1. The van der Waals surface area contributed by atoms with Gasteiger partial charge < -0.3 is 5.32 Å². The summed E-state index contributed by atoms with van der Waals surface area (Å²) in [6.45, 7) is 0. The fourth-order valence-electron chi connectivity index (χ4n) is 2.95. The molecule has 6 nitrogen and oxygen atoms in total. The monoisotopic (exact) mass is 419 g/mol. The minimum atomic E-state index is -0.805. The van der Waals surface area contributed by atoms with Gasteiger partial charge in [-0.15, -0.1) is 11.3 Å². The Morgan fingerprint density at radius 3 is 2.85 bits per heavy atom. The predicted molar refractivity (Wildman–Crippen MR) is 105 cm³/mol. The van der Waals surface area contributed by atoms with Crippen LogP contribution in [0.15, 0.2) is 23.3 Å². The van der Waals surface area contributed by atoms with Crippen LogP contribution in [-0.2, 0) is 0 Å². The molecule has 3 aromatic heterocycles. The van der Waals surface area contributed by atoms with Crippen LogP contribution in [0.1, 0.15) is 5.56 Å². The lowest BCUT2D eigenvalue weighted by Crippen LogP contribution is -2.09. The second-order valence-electron chi connectivity index (χ2n) is 5.53. The number of benzene rings is 1. The van der Waals surface area contributed by atoms with Gasteiger partial charge in [-0.25, -0.2) is 9.37 Å². The molecule has 0 bridgehead atoms. The van der Waals surface area contributed by atoms with Crippen molar-refractivity contribution in [3.8, 4) is 17.2 Å². The van der Waals surface area contributed by atoms with Crippen molar-refractivity contribution in [2.75, 3.05) is 12.4 Å². The number of hydrogen-bond acceptors (Lipinski definition) is 6. The lowest BCUT2D eigenvalue weighted by molar-refractivity contribution is 0.640. The lowest BCUT2D eigenvalue weighted by Gasteiger charge is -2.10. The van der Waals surface area contributed by atoms with Crippen LogP contribution in [0.5, 0.6) is 0 Å². The van der Waals surface area contributed by atoms with Crippen LogP contribution in [0, 0.1) is 17.1 Å². The van der Waals surface area contributed by atoms with Crippen LogP contribution >= 0.6 is 34.5 Å². The Kier molecular flexibility index (Phi) is 4.23. The number of aromatic nitrogens is 3. The fraction of sp³-hybridized carbons (Fsp3) is 0.0588. The molecule has 0 aliphatic rings. The third-order valence-corrected chi connectivity index (χ3v) is 5.69. The van der Waals surface area contributed by atoms with Crippen molar-refractivity contribution in [3.63, 3.8) is 0 Å². The molecular formula is C17H8Cl2FN5OS. The van der Waals surface area contributed by atoms with Gasteiger partial charge in [-0.1, -0.05) is 11.6 Å². The van der Waals surface area contributed by atoms with E-state index in [2.05, 4.69) is 26.3 Å². The molecule has 0 unspecified atom stereocenters. The summed E-state index contributed by atoms with van der Waals surface area (Å²) >= 11 is 13.4. The van der Waals surface area contributed by atoms with Crippen LogP contribution in [-0.4, -0.2) is 22.0 Å². The maximum absolute atomic E-state index is 15.3. The third-order valence-electron chi connectivity index (χ3n) is 4.07. The average molecular weight is 420 g/mol. The highest BCUT2D eigenvalue weighted by Crippen LogP contribution is 2.43. The van der Waals surface area contributed by atoms with Crippen molar-refractivity contribution in [1.82, 2.24) is 15.0 Å². The number of nitrogens with zero attached hydrogens (tertiary/aromatic N) is 3. The van der Waals surface area contributed by atoms with Crippen molar-refractivity contribution < 1.29 is 4.39 Å². The fourth-order valence-corrected chi connectivity index (χ4v) is 4.41. The quantitative estimate of drug-likeness (QED) is 0.464. The molecule has 3 heterocycles. The molecule has 2 N–H and O–H groups in total. The maximum atomic E-state index is 15.3. The molecule has 0 amide bonds. The van der Waals surface area contributed by atoms with Crippen LogP contribution in [0.3, 0.4) is 0 Å². The summed E-state index contributed by atoms with van der Waals surface area (Å²) in [4.78, 5) is 22.4. The minimum Gasteiger partial charge on any atom is -0.379 e. The maximum Gasteiger partial charge on any atom is 0.259 e. The number of nitrogens with one attached hydrogen (secondary N) is 2. The molecular weight excluding hydrogens is 412 g/mol. The van der Waals surface area contributed by atoms with Gasteiger partial charge in [-0.05, 0) is 17.7 Å². The first kappa shape index (κ1) is 17.7. The number of nitriles is 1. The summed E-state index contributed by atoms with van der Waals surface area (Å²) in [5, 5.41) is 13.5. The molecule has 0 aliphatic heterocycles. The highest BCUT2D eigenvalue weighted by Gasteiger charge is 2.23. The highest BCUT2D eigenvalue weighted by molar-refractivity contribution is 7.23. The molecule has 0 fully saturated rings. The molecule has 0 atom stereocenters. The summed E-state index contributed by atoms with van der Waals surface area (Å²) < 4.78 is 16.0. The first-order valence-electron chi connectivity index (χ1n) is 7.52. The Hall–Kier alpha value is -2.73. The third kappa shape index (κ3) is 2.63. The van der Waals surface area contributed by atoms with E-state index in [4.69, 9.17) is 23.2 Å². The smallest absolute Gasteiger partial charge is 0.259 e. The normalized spacial score (nSPS) is 11.1. The molecule has 1 aromatic carbocycles. The number of anilines is 1. The summed E-state index contributed by atoms with van der Waals surface area (Å²) in [6.07, 6.45) is 3.03. The second kappa shape index (κ2) is 6.46. The van der Waals surface area contributed by atoms with Crippen molar-refractivity contribution in [2.45, 2.75) is 0 Å². The Bertz CT molecular complexity index is 1340. The van der Waals surface area contributed by atoms with E-state index in [9.17, 15) is 10.1 Å². The molecule has 0 spiro atoms. The van der Waals surface area contributed by atoms with Crippen molar-refractivity contribution >= 4 is 60.5 Å². The van der Waals surface area contributed by atoms with Gasteiger partial charge in [0.1, 0.15) is 16.6 Å². The number of rotatable bonds is 2. The number of thiophene rings is 1. The van der Waals surface area contributed by atoms with Gasteiger partial charge in [0.25, 0.3) is 5.56 Å². The molecule has 0 saturated heterocycles. The van der Waals surface area contributed by atoms with E-state index in [0.717, 1.165) is 0 Å². The van der Waals surface area contributed by atoms with Gasteiger partial charge in [-0.2, -0.15) is 5.26 Å². The van der Waals surface area contributed by atoms with Crippen LogP contribution < -0.4 is 10.9 Å². The van der Waals surface area contributed by atoms with Crippen LogP contribution in [0.2, 0.25) is 10.3 Å². The Morgan fingerprint density at radius 1 is 1.37 bits per heavy atom. The summed E-state index contributed by atoms with van der Waals surface area (Å²) in [5.74, 6) is -0.805. The van der Waals surface area contributed by atoms with E-state index in [1.807, 2.05) is 0 Å². The molecule has 0 radical (unpaired) electrons. The predicted octanol–water partition coefficient (Wildman–Crippen LogP) is 4.56. The molecule has 0 saturated carbocycles. The molecule has 4 aromatic rings. The zero-order chi connectivity index (χ0) is 19.3. The first-order valence-corrected chi connectivity index (χ1v) is 9.09. The minimum absolute atomic E-state index is 0.00465. The van der Waals surface area contributed by atoms with Gasteiger partial charge in [-0.3, -0.25) is 14.8 Å². The molecule has 10 heteroatoms. The van der Waals surface area contributed by atoms with Gasteiger partial charge in [0.2, 0.25) is 5.28 Å². The van der Waals surface area contributed by atoms with E-state index < -0.39 is 11.4 Å². The molecule has 27 heavy (non-hydrogen) atoms. The van der Waals surface area contributed by atoms with Crippen molar-refractivity contribution in [1.29, 1.82) is 5.26 Å². The number of halogens is 3. The van der Waals surface area contributed by atoms with Crippen molar-refractivity contribution in [3.05, 3.63) is 50.5 Å². The van der Waals surface area contributed by atoms with Crippen LogP contribution in [0.25, 0.3) is 32.1 Å². The van der Waals surface area contributed by atoms with E-state index in [1.54, 1.807) is 13.2 Å². The zero-order valence-corrected chi connectivity index (χ0v) is 15.9. The van der Waals surface area contributed by atoms with Gasteiger partial charge in [0, 0.05) is 36.0 Å². The number of pyridine rings is 1. The number of hydrogen-bond donors (Lipinski definition) is 2. The van der Waals surface area contributed by atoms with E-state index >= 15 is 4.39 Å². The zero-order valence-electron chi connectivity index (χ0n) is 13.5. The molecule has 4 rings (SSSR count). The summed E-state index contributed by atoms with van der Waals surface area (Å²) in [6, 6.07) is 3.46. The molecule has 134 valence electrons. The van der Waals surface area contributed by atoms with Crippen LogP contribution in [0.4, 0.5) is 9.39 Å². The standard InChI is InChI=1S/C17H8Cl2FN5OS/c1-22-16-7(3-21)11-8(4-23-5-10(11)27-16)12-9(18)2-6-14(13(12)20)24-17(19)25-15(6)26/h2,4-5,22H,1H3,(H,24,25,26). The Balaban J connectivity index is 2.17. The van der Waals surface area contributed by atoms with Gasteiger partial charge in [0.05, 0.1) is 20.7 Å². The van der Waals surface area contributed by atoms with E-state index in [-0.39, 0.29) is 26.8 Å². The highest BCUT2D eigenvalue weighted by atomic mass is 35.5. The van der Waals surface area contributed by atoms with Gasteiger partial charge >= 0.3 is 0 Å². The SMILES string of the molecule is CNc1sc2cncc(-c3c(Cl)cc4c(=O)[nH]c(Cl)nc4c3F)c2c1C#N. The Morgan fingerprint density at radius 2 is 2.15 bits per heavy atom. The first-order chi connectivity index (χ1) is 13.0. The topological polar surface area (TPSA) is 94.5 Å². The summed E-state index contributed by atoms with van der Waals surface area (Å²) in [7, 11) is 1.69. The van der Waals surface area contributed by atoms with E-state index in [0.29, 0.717) is 26.2 Å². The van der Waals surface area contributed by atoms with E-state index in [1.165, 1.54) is 23.6 Å². The van der Waals surface area contributed by atoms with Crippen molar-refractivity contribution in [2.24, 2.45) is 0 Å². The van der Waals surface area contributed by atoms with Gasteiger partial charge in [0.15, 0.2) is 5.82 Å². The number of fused-ring (bicyclic) bond motifs is 2. The lowest BCUT2D eigenvalue weighted by atomic mass is 9.99. The second-order valence-corrected chi connectivity index (χ2v) is 7.35. The largest absolute Gasteiger partial charge is 0.379 e. The summed E-state index contributed by atoms with van der Waals surface area (Å²) in [5.41, 5.74) is -0.0951. The Labute approximate surface area is 165 Å². The number of aromatic amines is 1. The average Bonchev–Trinajstić information content (AvgIpc) is 3.01. The molecule has 0 aliphatic carbocycles.